The molecule has 0 spiro atoms. The molecule has 7 aromatic rings. The summed E-state index contributed by atoms with van der Waals surface area (Å²) < 4.78 is 0. The molecule has 0 saturated heterocycles. The molecule has 0 radical (unpaired) electrons. The molecule has 1 heterocycles. The van der Waals surface area contributed by atoms with Crippen LogP contribution in [0.25, 0.3) is 66.8 Å². The molecule has 49 heavy (non-hydrogen) atoms. The van der Waals surface area contributed by atoms with Crippen LogP contribution in [-0.2, 0) is 11.8 Å². The SMILES string of the molecule is C/C=C\CCCc1cc(-c2cccc(-c3cccc(-c4ccc5c(c4)C(C)(C)c4ccc6ccccc6c4-5)c3)c2)nc(-c2ccccc2)n1. The average molecular weight is 633 g/mol. The van der Waals surface area contributed by atoms with E-state index < -0.39 is 0 Å². The zero-order valence-electron chi connectivity index (χ0n) is 28.4. The Kier molecular flexibility index (Phi) is 8.01. The van der Waals surface area contributed by atoms with E-state index in [0.717, 1.165) is 47.6 Å². The molecule has 0 amide bonds. The van der Waals surface area contributed by atoms with E-state index in [9.17, 15) is 0 Å². The van der Waals surface area contributed by atoms with Crippen molar-refractivity contribution in [3.8, 4) is 56.0 Å². The summed E-state index contributed by atoms with van der Waals surface area (Å²) in [6.45, 7) is 6.80. The van der Waals surface area contributed by atoms with Gasteiger partial charge >= 0.3 is 0 Å². The van der Waals surface area contributed by atoms with Gasteiger partial charge in [0.15, 0.2) is 5.82 Å². The van der Waals surface area contributed by atoms with Crippen LogP contribution < -0.4 is 0 Å². The number of rotatable bonds is 8. The van der Waals surface area contributed by atoms with Crippen LogP contribution in [0.1, 0.15) is 50.4 Å². The summed E-state index contributed by atoms with van der Waals surface area (Å²) in [4.78, 5) is 10.1. The van der Waals surface area contributed by atoms with Crippen molar-refractivity contribution in [1.29, 1.82) is 0 Å². The lowest BCUT2D eigenvalue weighted by Gasteiger charge is -2.22. The van der Waals surface area contributed by atoms with Crippen molar-refractivity contribution in [2.24, 2.45) is 0 Å². The minimum atomic E-state index is -0.0711. The third kappa shape index (κ3) is 5.78. The van der Waals surface area contributed by atoms with E-state index in [1.54, 1.807) is 0 Å². The van der Waals surface area contributed by atoms with Crippen LogP contribution in [-0.4, -0.2) is 9.97 Å². The Hall–Kier alpha value is -5.60. The van der Waals surface area contributed by atoms with Crippen molar-refractivity contribution < 1.29 is 0 Å². The Morgan fingerprint density at radius 2 is 1.24 bits per heavy atom. The van der Waals surface area contributed by atoms with E-state index in [1.807, 2.05) is 18.2 Å². The van der Waals surface area contributed by atoms with Crippen LogP contribution in [0.4, 0.5) is 0 Å². The normalized spacial score (nSPS) is 13.1. The molecule has 1 aliphatic rings. The molecule has 238 valence electrons. The summed E-state index contributed by atoms with van der Waals surface area (Å²) in [5.41, 5.74) is 14.5. The lowest BCUT2D eigenvalue weighted by molar-refractivity contribution is 0.661. The van der Waals surface area contributed by atoms with Gasteiger partial charge < -0.3 is 0 Å². The van der Waals surface area contributed by atoms with Gasteiger partial charge in [0.05, 0.1) is 5.69 Å². The van der Waals surface area contributed by atoms with Gasteiger partial charge in [-0.15, -0.1) is 0 Å². The predicted molar refractivity (Wildman–Crippen MR) is 207 cm³/mol. The molecular weight excluding hydrogens is 593 g/mol. The molecule has 0 saturated carbocycles. The third-order valence-corrected chi connectivity index (χ3v) is 10.1. The van der Waals surface area contributed by atoms with Crippen molar-refractivity contribution in [2.45, 2.75) is 45.4 Å². The topological polar surface area (TPSA) is 25.8 Å². The second kappa shape index (κ2) is 12.8. The Morgan fingerprint density at radius 1 is 0.571 bits per heavy atom. The van der Waals surface area contributed by atoms with E-state index >= 15 is 0 Å². The molecule has 1 aliphatic carbocycles. The maximum atomic E-state index is 5.08. The molecule has 0 fully saturated rings. The summed E-state index contributed by atoms with van der Waals surface area (Å²) in [5, 5.41) is 2.63. The Labute approximate surface area is 289 Å². The Morgan fingerprint density at radius 3 is 2.02 bits per heavy atom. The van der Waals surface area contributed by atoms with Crippen LogP contribution in [0.2, 0.25) is 0 Å². The molecule has 0 unspecified atom stereocenters. The fourth-order valence-electron chi connectivity index (χ4n) is 7.48. The fourth-order valence-corrected chi connectivity index (χ4v) is 7.48. The number of hydrogen-bond donors (Lipinski definition) is 0. The smallest absolute Gasteiger partial charge is 0.160 e. The molecule has 0 bridgehead atoms. The van der Waals surface area contributed by atoms with Crippen molar-refractivity contribution in [2.75, 3.05) is 0 Å². The highest BCUT2D eigenvalue weighted by Crippen LogP contribution is 2.52. The van der Waals surface area contributed by atoms with Crippen molar-refractivity contribution in [3.63, 3.8) is 0 Å². The van der Waals surface area contributed by atoms with Gasteiger partial charge in [-0.25, -0.2) is 9.97 Å². The number of unbranched alkanes of at least 4 members (excludes halogenated alkanes) is 1. The highest BCUT2D eigenvalue weighted by Gasteiger charge is 2.36. The molecule has 0 atom stereocenters. The molecular formula is C47H40N2. The number of fused-ring (bicyclic) bond motifs is 5. The number of allylic oxidation sites excluding steroid dienone is 2. The maximum absolute atomic E-state index is 5.08. The number of benzene rings is 6. The van der Waals surface area contributed by atoms with Gasteiger partial charge in [-0.1, -0.05) is 141 Å². The van der Waals surface area contributed by atoms with Gasteiger partial charge in [0, 0.05) is 22.2 Å². The predicted octanol–water partition coefficient (Wildman–Crippen LogP) is 12.5. The first-order chi connectivity index (χ1) is 24.0. The zero-order chi connectivity index (χ0) is 33.4. The summed E-state index contributed by atoms with van der Waals surface area (Å²) in [5.74, 6) is 0.779. The quantitative estimate of drug-likeness (QED) is 0.123. The summed E-state index contributed by atoms with van der Waals surface area (Å²) in [7, 11) is 0. The second-order valence-corrected chi connectivity index (χ2v) is 13.7. The first-order valence-corrected chi connectivity index (χ1v) is 17.4. The highest BCUT2D eigenvalue weighted by atomic mass is 14.9. The number of nitrogens with zero attached hydrogens (tertiary/aromatic N) is 2. The van der Waals surface area contributed by atoms with Crippen LogP contribution in [0, 0.1) is 0 Å². The minimum Gasteiger partial charge on any atom is -0.233 e. The maximum Gasteiger partial charge on any atom is 0.160 e. The lowest BCUT2D eigenvalue weighted by atomic mass is 9.81. The van der Waals surface area contributed by atoms with Gasteiger partial charge in [-0.05, 0) is 106 Å². The average Bonchev–Trinajstić information content (AvgIpc) is 3.39. The highest BCUT2D eigenvalue weighted by molar-refractivity contribution is 6.02. The summed E-state index contributed by atoms with van der Waals surface area (Å²) in [6.07, 6.45) is 7.37. The van der Waals surface area contributed by atoms with Crippen LogP contribution in [0.5, 0.6) is 0 Å². The van der Waals surface area contributed by atoms with Gasteiger partial charge in [-0.2, -0.15) is 0 Å². The van der Waals surface area contributed by atoms with E-state index in [4.69, 9.17) is 9.97 Å². The molecule has 2 nitrogen and oxygen atoms in total. The largest absolute Gasteiger partial charge is 0.233 e. The molecule has 2 heteroatoms. The van der Waals surface area contributed by atoms with Crippen molar-refractivity contribution >= 4 is 10.8 Å². The summed E-state index contributed by atoms with van der Waals surface area (Å²) >= 11 is 0. The molecule has 1 aromatic heterocycles. The molecule has 0 aliphatic heterocycles. The lowest BCUT2D eigenvalue weighted by Crippen LogP contribution is -2.15. The van der Waals surface area contributed by atoms with Gasteiger partial charge in [0.2, 0.25) is 0 Å². The van der Waals surface area contributed by atoms with E-state index in [0.29, 0.717) is 0 Å². The van der Waals surface area contributed by atoms with Crippen molar-refractivity contribution in [1.82, 2.24) is 9.97 Å². The molecule has 0 N–H and O–H groups in total. The van der Waals surface area contributed by atoms with E-state index in [2.05, 4.69) is 154 Å². The first kappa shape index (κ1) is 30.7. The van der Waals surface area contributed by atoms with Crippen LogP contribution in [0.15, 0.2) is 152 Å². The number of hydrogen-bond acceptors (Lipinski definition) is 2. The number of aromatic nitrogens is 2. The Balaban J connectivity index is 1.15. The van der Waals surface area contributed by atoms with Gasteiger partial charge in [0.1, 0.15) is 0 Å². The molecule has 8 rings (SSSR count). The van der Waals surface area contributed by atoms with Crippen molar-refractivity contribution in [3.05, 3.63) is 168 Å². The zero-order valence-corrected chi connectivity index (χ0v) is 28.4. The monoisotopic (exact) mass is 632 g/mol. The second-order valence-electron chi connectivity index (χ2n) is 13.7. The fraction of sp³-hybridized carbons (Fsp3) is 0.149. The number of aryl methyl sites for hydroxylation is 1. The third-order valence-electron chi connectivity index (χ3n) is 10.1. The first-order valence-electron chi connectivity index (χ1n) is 17.4. The van der Waals surface area contributed by atoms with Crippen LogP contribution >= 0.6 is 0 Å². The van der Waals surface area contributed by atoms with Gasteiger partial charge in [0.25, 0.3) is 0 Å². The summed E-state index contributed by atoms with van der Waals surface area (Å²) in [6, 6.07) is 50.6. The molecule has 6 aromatic carbocycles. The van der Waals surface area contributed by atoms with Crippen LogP contribution in [0.3, 0.4) is 0 Å². The van der Waals surface area contributed by atoms with E-state index in [1.165, 1.54) is 55.3 Å². The van der Waals surface area contributed by atoms with Gasteiger partial charge in [-0.3, -0.25) is 0 Å². The standard InChI is InChI=1S/C47H40N2/c1-4-5-6-10-22-39-31-44(49-46(48-39)33-16-8-7-9-17-33)38-21-14-20-36(29-38)34-18-13-19-35(28-34)37-24-26-41-43(30-37)47(2,3)42-27-25-32-15-11-12-23-40(32)45(41)42/h4-5,7-9,11-21,23-31H,6,10,22H2,1-3H3/b5-4-. The van der Waals surface area contributed by atoms with E-state index in [-0.39, 0.29) is 5.41 Å². The Bertz CT molecular complexity index is 2350. The minimum absolute atomic E-state index is 0.0711.